The van der Waals surface area contributed by atoms with Crippen LogP contribution in [-0.4, -0.2) is 22.4 Å². The molecule has 0 atom stereocenters. The number of fused-ring (bicyclic) bond motifs is 1. The molecule has 0 unspecified atom stereocenters. The van der Waals surface area contributed by atoms with Crippen LogP contribution in [0.2, 0.25) is 0 Å². The van der Waals surface area contributed by atoms with Crippen LogP contribution in [0.15, 0.2) is 30.6 Å². The molecule has 5 nitrogen and oxygen atoms in total. The van der Waals surface area contributed by atoms with E-state index in [1.54, 1.807) is 6.33 Å². The zero-order chi connectivity index (χ0) is 14.8. The number of nitrogens with zero attached hydrogens (tertiary/aromatic N) is 3. The monoisotopic (exact) mass is 282 g/mol. The number of benzene rings is 1. The van der Waals surface area contributed by atoms with Crippen molar-refractivity contribution < 1.29 is 4.79 Å². The van der Waals surface area contributed by atoms with Crippen LogP contribution in [0.25, 0.3) is 0 Å². The summed E-state index contributed by atoms with van der Waals surface area (Å²) in [7, 11) is 0. The molecule has 0 spiro atoms. The van der Waals surface area contributed by atoms with Gasteiger partial charge < -0.3 is 10.2 Å². The Morgan fingerprint density at radius 1 is 1.33 bits per heavy atom. The second-order valence-electron chi connectivity index (χ2n) is 5.31. The Kier molecular flexibility index (Phi) is 3.56. The Labute approximate surface area is 124 Å². The van der Waals surface area contributed by atoms with Gasteiger partial charge in [-0.05, 0) is 30.5 Å². The molecule has 0 saturated carbocycles. The number of aryl methyl sites for hydroxylation is 1. The number of nitrogens with one attached hydrogen (secondary N) is 1. The van der Waals surface area contributed by atoms with E-state index in [1.165, 1.54) is 18.1 Å². The van der Waals surface area contributed by atoms with Gasteiger partial charge in [-0.2, -0.15) is 0 Å². The number of carbonyl (C=O) groups excluding carboxylic acids is 1. The smallest absolute Gasteiger partial charge is 0.221 e. The highest BCUT2D eigenvalue weighted by atomic mass is 16.1. The molecule has 2 aromatic rings. The van der Waals surface area contributed by atoms with Crippen LogP contribution in [-0.2, 0) is 17.8 Å². The van der Waals surface area contributed by atoms with Crippen molar-refractivity contribution in [3.63, 3.8) is 0 Å². The van der Waals surface area contributed by atoms with E-state index >= 15 is 0 Å². The van der Waals surface area contributed by atoms with E-state index in [0.717, 1.165) is 36.7 Å². The van der Waals surface area contributed by atoms with Gasteiger partial charge in [0.1, 0.15) is 12.1 Å². The summed E-state index contributed by atoms with van der Waals surface area (Å²) in [4.78, 5) is 22.0. The summed E-state index contributed by atoms with van der Waals surface area (Å²) in [5.74, 6) is 0.926. The summed E-state index contributed by atoms with van der Waals surface area (Å²) in [6, 6.07) is 8.06. The van der Waals surface area contributed by atoms with Crippen molar-refractivity contribution in [2.75, 3.05) is 16.8 Å². The Morgan fingerprint density at radius 3 is 2.95 bits per heavy atom. The van der Waals surface area contributed by atoms with Gasteiger partial charge in [0.05, 0.1) is 0 Å². The number of carbonyl (C=O) groups is 1. The van der Waals surface area contributed by atoms with Crippen LogP contribution < -0.4 is 10.2 Å². The van der Waals surface area contributed by atoms with E-state index in [0.29, 0.717) is 0 Å². The molecule has 1 N–H and O–H groups in total. The van der Waals surface area contributed by atoms with Gasteiger partial charge >= 0.3 is 0 Å². The third-order valence-corrected chi connectivity index (χ3v) is 3.69. The maximum absolute atomic E-state index is 11.3. The molecule has 21 heavy (non-hydrogen) atoms. The van der Waals surface area contributed by atoms with Crippen LogP contribution in [0.5, 0.6) is 0 Å². The molecular weight excluding hydrogens is 264 g/mol. The van der Waals surface area contributed by atoms with Crippen LogP contribution in [0, 0.1) is 6.92 Å². The predicted molar refractivity (Wildman–Crippen MR) is 82.3 cm³/mol. The van der Waals surface area contributed by atoms with Crippen molar-refractivity contribution in [1.29, 1.82) is 0 Å². The second kappa shape index (κ2) is 5.52. The van der Waals surface area contributed by atoms with E-state index < -0.39 is 0 Å². The van der Waals surface area contributed by atoms with E-state index in [4.69, 9.17) is 0 Å². The molecule has 0 aliphatic carbocycles. The number of aromatic nitrogens is 2. The van der Waals surface area contributed by atoms with E-state index in [1.807, 2.05) is 25.1 Å². The number of amides is 1. The molecule has 1 aliphatic heterocycles. The molecule has 1 aliphatic rings. The zero-order valence-electron chi connectivity index (χ0n) is 12.3. The molecule has 1 aromatic heterocycles. The fourth-order valence-corrected chi connectivity index (χ4v) is 2.73. The molecule has 1 aromatic carbocycles. The quantitative estimate of drug-likeness (QED) is 0.918. The molecular formula is C16H18N4O. The molecule has 5 heteroatoms. The van der Waals surface area contributed by atoms with Crippen LogP contribution in [0.3, 0.4) is 0 Å². The van der Waals surface area contributed by atoms with Gasteiger partial charge in [-0.25, -0.2) is 9.97 Å². The van der Waals surface area contributed by atoms with Crippen LogP contribution >= 0.6 is 0 Å². The van der Waals surface area contributed by atoms with Gasteiger partial charge in [0, 0.05) is 37.5 Å². The maximum atomic E-state index is 11.3. The van der Waals surface area contributed by atoms with Gasteiger partial charge in [-0.1, -0.05) is 12.1 Å². The first-order valence-corrected chi connectivity index (χ1v) is 7.05. The first-order chi connectivity index (χ1) is 10.1. The van der Waals surface area contributed by atoms with Gasteiger partial charge in [-0.3, -0.25) is 4.79 Å². The van der Waals surface area contributed by atoms with Crippen molar-refractivity contribution in [1.82, 2.24) is 9.97 Å². The lowest BCUT2D eigenvalue weighted by atomic mass is 9.97. The van der Waals surface area contributed by atoms with Gasteiger partial charge in [0.2, 0.25) is 5.91 Å². The average Bonchev–Trinajstić information content (AvgIpc) is 2.46. The number of hydrogen-bond donors (Lipinski definition) is 1. The minimum absolute atomic E-state index is 0.0303. The Morgan fingerprint density at radius 2 is 2.19 bits per heavy atom. The Balaban J connectivity index is 1.88. The standard InChI is InChI=1S/C16H18N4O/c1-11-8-16(18-10-17-11)20-7-6-14-13(9-20)4-3-5-15(14)19-12(2)21/h3-5,8,10H,6-7,9H2,1-2H3,(H,19,21). The first kappa shape index (κ1) is 13.5. The van der Waals surface area contributed by atoms with Gasteiger partial charge in [0.15, 0.2) is 0 Å². The molecule has 0 radical (unpaired) electrons. The third kappa shape index (κ3) is 2.86. The minimum atomic E-state index is -0.0303. The Hall–Kier alpha value is -2.43. The minimum Gasteiger partial charge on any atom is -0.352 e. The van der Waals surface area contributed by atoms with Crippen molar-refractivity contribution in [3.05, 3.63) is 47.4 Å². The lowest BCUT2D eigenvalue weighted by molar-refractivity contribution is -0.114. The van der Waals surface area contributed by atoms with Crippen LogP contribution in [0.1, 0.15) is 23.7 Å². The van der Waals surface area contributed by atoms with Crippen LogP contribution in [0.4, 0.5) is 11.5 Å². The molecule has 0 bridgehead atoms. The number of anilines is 2. The molecule has 3 rings (SSSR count). The van der Waals surface area contributed by atoms with E-state index in [-0.39, 0.29) is 5.91 Å². The van der Waals surface area contributed by atoms with E-state index in [9.17, 15) is 4.79 Å². The van der Waals surface area contributed by atoms with Crippen molar-refractivity contribution in [2.45, 2.75) is 26.8 Å². The summed E-state index contributed by atoms with van der Waals surface area (Å²) in [6.07, 6.45) is 2.50. The molecule has 108 valence electrons. The largest absolute Gasteiger partial charge is 0.352 e. The summed E-state index contributed by atoms with van der Waals surface area (Å²) in [5, 5.41) is 2.91. The molecule has 1 amide bonds. The molecule has 2 heterocycles. The molecule has 0 saturated heterocycles. The lowest BCUT2D eigenvalue weighted by Gasteiger charge is -2.31. The van der Waals surface area contributed by atoms with Crippen molar-refractivity contribution in [2.24, 2.45) is 0 Å². The number of hydrogen-bond acceptors (Lipinski definition) is 4. The Bertz CT molecular complexity index is 684. The van der Waals surface area contributed by atoms with Gasteiger partial charge in [0.25, 0.3) is 0 Å². The SMILES string of the molecule is CC(=O)Nc1cccc2c1CCN(c1cc(C)ncn1)C2. The third-order valence-electron chi connectivity index (χ3n) is 3.69. The van der Waals surface area contributed by atoms with Crippen molar-refractivity contribution >= 4 is 17.4 Å². The molecule has 0 fully saturated rings. The summed E-state index contributed by atoms with van der Waals surface area (Å²) in [5.41, 5.74) is 4.37. The topological polar surface area (TPSA) is 58.1 Å². The average molecular weight is 282 g/mol. The second-order valence-corrected chi connectivity index (χ2v) is 5.31. The highest BCUT2D eigenvalue weighted by Gasteiger charge is 2.20. The number of rotatable bonds is 2. The lowest BCUT2D eigenvalue weighted by Crippen LogP contribution is -2.31. The normalized spacial score (nSPS) is 13.7. The first-order valence-electron chi connectivity index (χ1n) is 7.05. The van der Waals surface area contributed by atoms with Crippen molar-refractivity contribution in [3.8, 4) is 0 Å². The maximum Gasteiger partial charge on any atom is 0.221 e. The van der Waals surface area contributed by atoms with Gasteiger partial charge in [-0.15, -0.1) is 0 Å². The summed E-state index contributed by atoms with van der Waals surface area (Å²) in [6.45, 7) is 5.20. The fraction of sp³-hybridized carbons (Fsp3) is 0.312. The predicted octanol–water partition coefficient (Wildman–Crippen LogP) is 2.31. The fourth-order valence-electron chi connectivity index (χ4n) is 2.73. The summed E-state index contributed by atoms with van der Waals surface area (Å²) >= 11 is 0. The highest BCUT2D eigenvalue weighted by molar-refractivity contribution is 5.89. The summed E-state index contributed by atoms with van der Waals surface area (Å²) < 4.78 is 0. The highest BCUT2D eigenvalue weighted by Crippen LogP contribution is 2.28. The van der Waals surface area contributed by atoms with E-state index in [2.05, 4.69) is 26.3 Å². The zero-order valence-corrected chi connectivity index (χ0v) is 12.3.